The van der Waals surface area contributed by atoms with Crippen LogP contribution in [0.1, 0.15) is 60.5 Å². The Morgan fingerprint density at radius 1 is 0.700 bits per heavy atom. The molecular weight excluding hydrogens is 526 g/mol. The van der Waals surface area contributed by atoms with Crippen LogP contribution in [-0.2, 0) is 34.9 Å². The summed E-state index contributed by atoms with van der Waals surface area (Å²) < 4.78 is 35.7. The maximum atomic E-state index is 12.5. The summed E-state index contributed by atoms with van der Waals surface area (Å²) in [5.74, 6) is -0.387. The molecule has 1 aromatic carbocycles. The monoisotopic (exact) mass is 569 g/mol. The first kappa shape index (κ1) is 34.5. The molecule has 12 nitrogen and oxygen atoms in total. The van der Waals surface area contributed by atoms with E-state index < -0.39 is 36.6 Å². The molecule has 0 aromatic heterocycles. The predicted octanol–water partition coefficient (Wildman–Crippen LogP) is 5.03. The summed E-state index contributed by atoms with van der Waals surface area (Å²) in [6.07, 6.45) is -2.87. The Labute approximate surface area is 235 Å². The van der Waals surface area contributed by atoms with Crippen LogP contribution >= 0.6 is 0 Å². The highest BCUT2D eigenvalue weighted by Crippen LogP contribution is 2.30. The third-order valence-electron chi connectivity index (χ3n) is 4.89. The number of nitrogens with two attached hydrogens (primary N) is 1. The molecule has 0 aliphatic heterocycles. The summed E-state index contributed by atoms with van der Waals surface area (Å²) in [6, 6.07) is 3.24. The third-order valence-corrected chi connectivity index (χ3v) is 4.89. The van der Waals surface area contributed by atoms with Crippen LogP contribution in [0.2, 0.25) is 0 Å². The lowest BCUT2D eigenvalue weighted by molar-refractivity contribution is -0.152. The first-order valence-corrected chi connectivity index (χ1v) is 13.3. The molecule has 2 atom stereocenters. The largest absolute Gasteiger partial charge is 0.513 e. The molecule has 0 saturated carbocycles. The lowest BCUT2D eigenvalue weighted by atomic mass is 10.1. The van der Waals surface area contributed by atoms with Gasteiger partial charge in [-0.3, -0.25) is 4.79 Å². The van der Waals surface area contributed by atoms with Crippen LogP contribution in [0.25, 0.3) is 0 Å². The molecule has 2 N–H and O–H groups in total. The standard InChI is InChI=1S/C28H43NO11/c1-17(2)10-11-34-26(31)37-16-20(7)38-25(30)22(29)12-21-8-9-23(39-27(32)35-14-18(3)4)24(13-21)40-28(33)36-15-19(5)6/h8-9,13,17-20,22H,10-12,14-16,29H2,1-7H3/t20-,22-/m0/s1. The van der Waals surface area contributed by atoms with Gasteiger partial charge in [-0.15, -0.1) is 0 Å². The second-order valence-electron chi connectivity index (χ2n) is 10.5. The van der Waals surface area contributed by atoms with Crippen LogP contribution in [0, 0.1) is 17.8 Å². The van der Waals surface area contributed by atoms with Crippen molar-refractivity contribution < 1.29 is 52.3 Å². The van der Waals surface area contributed by atoms with Crippen LogP contribution < -0.4 is 15.2 Å². The lowest BCUT2D eigenvalue weighted by Gasteiger charge is -2.18. The zero-order chi connectivity index (χ0) is 30.2. The van der Waals surface area contributed by atoms with Crippen molar-refractivity contribution in [1.82, 2.24) is 0 Å². The van der Waals surface area contributed by atoms with Crippen LogP contribution in [0.5, 0.6) is 11.5 Å². The minimum atomic E-state index is -1.09. The van der Waals surface area contributed by atoms with Crippen LogP contribution in [0.3, 0.4) is 0 Å². The SMILES string of the molecule is CC(C)CCOC(=O)OC[C@H](C)OC(=O)[C@@H](N)Cc1ccc(OC(=O)OCC(C)C)c(OC(=O)OCC(C)C)c1. The van der Waals surface area contributed by atoms with Crippen molar-refractivity contribution in [2.24, 2.45) is 23.5 Å². The Morgan fingerprint density at radius 2 is 1.25 bits per heavy atom. The second kappa shape index (κ2) is 17.9. The summed E-state index contributed by atoms with van der Waals surface area (Å²) in [5.41, 5.74) is 6.50. The van der Waals surface area contributed by atoms with E-state index in [9.17, 15) is 19.2 Å². The molecule has 1 aromatic rings. The second-order valence-corrected chi connectivity index (χ2v) is 10.5. The van der Waals surface area contributed by atoms with Gasteiger partial charge in [-0.25, -0.2) is 14.4 Å². The van der Waals surface area contributed by atoms with E-state index in [1.807, 2.05) is 41.5 Å². The topological polar surface area (TPSA) is 159 Å². The predicted molar refractivity (Wildman–Crippen MR) is 144 cm³/mol. The molecule has 0 aliphatic rings. The normalized spacial score (nSPS) is 12.5. The van der Waals surface area contributed by atoms with Gasteiger partial charge >= 0.3 is 24.4 Å². The molecule has 226 valence electrons. The van der Waals surface area contributed by atoms with Gasteiger partial charge in [0.2, 0.25) is 0 Å². The van der Waals surface area contributed by atoms with E-state index in [4.69, 9.17) is 38.9 Å². The summed E-state index contributed by atoms with van der Waals surface area (Å²) in [5, 5.41) is 0. The minimum Gasteiger partial charge on any atom is -0.458 e. The molecule has 0 saturated heterocycles. The molecule has 0 bridgehead atoms. The molecule has 0 radical (unpaired) electrons. The Hall–Kier alpha value is -3.54. The Kier molecular flexibility index (Phi) is 15.5. The number of benzene rings is 1. The van der Waals surface area contributed by atoms with Crippen molar-refractivity contribution in [3.63, 3.8) is 0 Å². The van der Waals surface area contributed by atoms with Gasteiger partial charge < -0.3 is 38.9 Å². The number of carbonyl (C=O) groups excluding carboxylic acids is 4. The van der Waals surface area contributed by atoms with Crippen LogP contribution in [0.15, 0.2) is 18.2 Å². The van der Waals surface area contributed by atoms with Crippen molar-refractivity contribution in [3.8, 4) is 11.5 Å². The van der Waals surface area contributed by atoms with Crippen LogP contribution in [0.4, 0.5) is 14.4 Å². The maximum absolute atomic E-state index is 12.5. The fourth-order valence-electron chi connectivity index (χ4n) is 2.81. The van der Waals surface area contributed by atoms with Gasteiger partial charge in [0, 0.05) is 0 Å². The summed E-state index contributed by atoms with van der Waals surface area (Å²) in [4.78, 5) is 48.4. The van der Waals surface area contributed by atoms with E-state index >= 15 is 0 Å². The van der Waals surface area contributed by atoms with E-state index in [0.29, 0.717) is 17.9 Å². The average Bonchev–Trinajstić information content (AvgIpc) is 2.86. The van der Waals surface area contributed by atoms with Gasteiger partial charge in [0.1, 0.15) is 18.8 Å². The molecular formula is C28H43NO11. The molecule has 0 fully saturated rings. The zero-order valence-corrected chi connectivity index (χ0v) is 24.4. The highest BCUT2D eigenvalue weighted by Gasteiger charge is 2.22. The van der Waals surface area contributed by atoms with Crippen molar-refractivity contribution in [1.29, 1.82) is 0 Å². The third kappa shape index (κ3) is 15.2. The average molecular weight is 570 g/mol. The molecule has 0 spiro atoms. The van der Waals surface area contributed by atoms with Gasteiger partial charge in [0.15, 0.2) is 11.5 Å². The van der Waals surface area contributed by atoms with Crippen molar-refractivity contribution in [2.45, 2.75) is 73.5 Å². The number of hydrogen-bond donors (Lipinski definition) is 1. The summed E-state index contributed by atoms with van der Waals surface area (Å²) >= 11 is 0. The molecule has 0 amide bonds. The molecule has 12 heteroatoms. The van der Waals surface area contributed by atoms with E-state index in [1.54, 1.807) is 13.0 Å². The Bertz CT molecular complexity index is 962. The number of hydrogen-bond acceptors (Lipinski definition) is 12. The molecule has 0 heterocycles. The van der Waals surface area contributed by atoms with Crippen molar-refractivity contribution in [2.75, 3.05) is 26.4 Å². The first-order valence-electron chi connectivity index (χ1n) is 13.3. The molecule has 0 aliphatic carbocycles. The maximum Gasteiger partial charge on any atom is 0.513 e. The first-order chi connectivity index (χ1) is 18.8. The molecule has 1 rings (SSSR count). The van der Waals surface area contributed by atoms with E-state index in [-0.39, 0.29) is 56.2 Å². The van der Waals surface area contributed by atoms with Gasteiger partial charge in [-0.2, -0.15) is 0 Å². The van der Waals surface area contributed by atoms with Gasteiger partial charge in [0.05, 0.1) is 19.8 Å². The highest BCUT2D eigenvalue weighted by atomic mass is 16.7. The minimum absolute atomic E-state index is 0.000861. The Morgan fingerprint density at radius 3 is 1.80 bits per heavy atom. The van der Waals surface area contributed by atoms with E-state index in [0.717, 1.165) is 0 Å². The number of rotatable bonds is 15. The van der Waals surface area contributed by atoms with E-state index in [1.165, 1.54) is 12.1 Å². The van der Waals surface area contributed by atoms with Gasteiger partial charge in [-0.1, -0.05) is 47.6 Å². The van der Waals surface area contributed by atoms with Gasteiger partial charge in [-0.05, 0) is 55.2 Å². The number of carbonyl (C=O) groups is 4. The highest BCUT2D eigenvalue weighted by molar-refractivity contribution is 5.76. The van der Waals surface area contributed by atoms with Gasteiger partial charge in [0.25, 0.3) is 0 Å². The zero-order valence-electron chi connectivity index (χ0n) is 24.4. The number of ether oxygens (including phenoxy) is 7. The smallest absolute Gasteiger partial charge is 0.458 e. The fraction of sp³-hybridized carbons (Fsp3) is 0.643. The summed E-state index contributed by atoms with van der Waals surface area (Å²) in [6.45, 7) is 13.3. The lowest BCUT2D eigenvalue weighted by Crippen LogP contribution is -2.37. The molecule has 40 heavy (non-hydrogen) atoms. The molecule has 0 unspecified atom stereocenters. The quantitative estimate of drug-likeness (QED) is 0.171. The summed E-state index contributed by atoms with van der Waals surface area (Å²) in [7, 11) is 0. The van der Waals surface area contributed by atoms with E-state index in [2.05, 4.69) is 0 Å². The van der Waals surface area contributed by atoms with Crippen molar-refractivity contribution >= 4 is 24.4 Å². The fourth-order valence-corrected chi connectivity index (χ4v) is 2.81. The Balaban J connectivity index is 2.79. The van der Waals surface area contributed by atoms with Crippen LogP contribution in [-0.4, -0.2) is 63.0 Å². The number of esters is 1. The van der Waals surface area contributed by atoms with Crippen molar-refractivity contribution in [3.05, 3.63) is 23.8 Å².